The molecule has 6 nitrogen and oxygen atoms in total. The van der Waals surface area contributed by atoms with E-state index in [4.69, 9.17) is 11.6 Å². The fourth-order valence-corrected chi connectivity index (χ4v) is 5.18. The number of piperazine rings is 1. The number of rotatable bonds is 9. The van der Waals surface area contributed by atoms with Crippen LogP contribution < -0.4 is 0 Å². The zero-order valence-corrected chi connectivity index (χ0v) is 21.3. The standard InChI is InChI=1S/C29H33ClN6/c30-27-15-13-25(14-16-27)17-19-36-29(31-32-33-36)28(26-11-5-2-6-12-26)35-22-20-34(21-23-35)18-7-10-24-8-3-1-4-9-24/h1-11,13-16,26,28H,12,17-23H2/b10-7+/t26?,28-/m0/s1. The Morgan fingerprint density at radius 3 is 2.53 bits per heavy atom. The average Bonchev–Trinajstić information content (AvgIpc) is 3.39. The summed E-state index contributed by atoms with van der Waals surface area (Å²) in [6, 6.07) is 18.7. The van der Waals surface area contributed by atoms with Gasteiger partial charge in [0.05, 0.1) is 6.04 Å². The molecule has 5 rings (SSSR count). The Morgan fingerprint density at radius 1 is 0.972 bits per heavy atom. The van der Waals surface area contributed by atoms with Gasteiger partial charge in [0.15, 0.2) is 5.82 Å². The molecule has 0 radical (unpaired) electrons. The molecule has 186 valence electrons. The number of halogens is 1. The van der Waals surface area contributed by atoms with Crippen LogP contribution in [-0.2, 0) is 13.0 Å². The predicted octanol–water partition coefficient (Wildman–Crippen LogP) is 5.07. The van der Waals surface area contributed by atoms with Crippen molar-refractivity contribution in [2.24, 2.45) is 5.92 Å². The first-order valence-electron chi connectivity index (χ1n) is 12.8. The first kappa shape index (κ1) is 24.6. The largest absolute Gasteiger partial charge is 0.297 e. The van der Waals surface area contributed by atoms with E-state index in [9.17, 15) is 0 Å². The van der Waals surface area contributed by atoms with Gasteiger partial charge in [0.1, 0.15) is 0 Å². The molecule has 7 heteroatoms. The average molecular weight is 501 g/mol. The maximum Gasteiger partial charge on any atom is 0.169 e. The zero-order valence-electron chi connectivity index (χ0n) is 20.5. The topological polar surface area (TPSA) is 50.1 Å². The van der Waals surface area contributed by atoms with Crippen LogP contribution in [0.25, 0.3) is 6.08 Å². The summed E-state index contributed by atoms with van der Waals surface area (Å²) in [5.74, 6) is 1.33. The van der Waals surface area contributed by atoms with Crippen LogP contribution in [0.3, 0.4) is 0 Å². The van der Waals surface area contributed by atoms with Crippen LogP contribution in [0.5, 0.6) is 0 Å². The molecule has 0 spiro atoms. The molecule has 1 aliphatic heterocycles. The molecule has 36 heavy (non-hydrogen) atoms. The highest BCUT2D eigenvalue weighted by molar-refractivity contribution is 6.30. The Balaban J connectivity index is 1.25. The van der Waals surface area contributed by atoms with Gasteiger partial charge in [0.2, 0.25) is 0 Å². The van der Waals surface area contributed by atoms with Crippen molar-refractivity contribution < 1.29 is 0 Å². The van der Waals surface area contributed by atoms with Gasteiger partial charge in [0.25, 0.3) is 0 Å². The first-order chi connectivity index (χ1) is 17.8. The summed E-state index contributed by atoms with van der Waals surface area (Å²) in [5, 5.41) is 13.8. The monoisotopic (exact) mass is 500 g/mol. The van der Waals surface area contributed by atoms with E-state index in [1.165, 1.54) is 11.1 Å². The van der Waals surface area contributed by atoms with E-state index in [1.807, 2.05) is 16.8 Å². The van der Waals surface area contributed by atoms with Gasteiger partial charge in [-0.05, 0) is 46.5 Å². The number of hydrogen-bond donors (Lipinski definition) is 0. The Bertz CT molecular complexity index is 1180. The van der Waals surface area contributed by atoms with E-state index in [1.54, 1.807) is 0 Å². The molecule has 3 aromatic rings. The molecule has 1 saturated heterocycles. The molecule has 1 aliphatic carbocycles. The van der Waals surface area contributed by atoms with Crippen LogP contribution in [0, 0.1) is 5.92 Å². The van der Waals surface area contributed by atoms with Crippen molar-refractivity contribution in [3.63, 3.8) is 0 Å². The Kier molecular flexibility index (Phi) is 8.39. The number of tetrazole rings is 1. The van der Waals surface area contributed by atoms with Gasteiger partial charge in [-0.1, -0.05) is 90.5 Å². The fourth-order valence-electron chi connectivity index (χ4n) is 5.05. The van der Waals surface area contributed by atoms with E-state index in [0.29, 0.717) is 5.92 Å². The Labute approximate surface area is 218 Å². The van der Waals surface area contributed by atoms with E-state index in [-0.39, 0.29) is 6.04 Å². The highest BCUT2D eigenvalue weighted by Crippen LogP contribution is 2.33. The first-order valence-corrected chi connectivity index (χ1v) is 13.2. The predicted molar refractivity (Wildman–Crippen MR) is 146 cm³/mol. The lowest BCUT2D eigenvalue weighted by Gasteiger charge is -2.41. The molecule has 2 atom stereocenters. The summed E-state index contributed by atoms with van der Waals surface area (Å²) >= 11 is 6.05. The summed E-state index contributed by atoms with van der Waals surface area (Å²) in [6.07, 6.45) is 15.2. The molecule has 0 N–H and O–H groups in total. The van der Waals surface area contributed by atoms with Crippen LogP contribution in [0.2, 0.25) is 5.02 Å². The van der Waals surface area contributed by atoms with Gasteiger partial charge < -0.3 is 0 Å². The number of hydrogen-bond acceptors (Lipinski definition) is 5. The van der Waals surface area contributed by atoms with Crippen molar-refractivity contribution in [2.45, 2.75) is 25.4 Å². The lowest BCUT2D eigenvalue weighted by Crippen LogP contribution is -2.49. The van der Waals surface area contributed by atoms with E-state index in [2.05, 4.69) is 104 Å². The van der Waals surface area contributed by atoms with Crippen LogP contribution in [-0.4, -0.2) is 62.7 Å². The number of aryl methyl sites for hydroxylation is 2. The molecule has 1 aromatic heterocycles. The number of nitrogens with zero attached hydrogens (tertiary/aromatic N) is 6. The molecule has 2 aromatic carbocycles. The third-order valence-corrected chi connectivity index (χ3v) is 7.29. The lowest BCUT2D eigenvalue weighted by molar-refractivity contribution is 0.0772. The molecule has 0 bridgehead atoms. The van der Waals surface area contributed by atoms with Gasteiger partial charge >= 0.3 is 0 Å². The number of aromatic nitrogens is 4. The minimum absolute atomic E-state index is 0.161. The summed E-state index contributed by atoms with van der Waals surface area (Å²) < 4.78 is 2.00. The van der Waals surface area contributed by atoms with Gasteiger partial charge in [-0.3, -0.25) is 9.80 Å². The molecule has 1 fully saturated rings. The van der Waals surface area contributed by atoms with E-state index >= 15 is 0 Å². The second-order valence-corrected chi connectivity index (χ2v) is 9.88. The molecule has 2 aliphatic rings. The lowest BCUT2D eigenvalue weighted by atomic mass is 9.90. The van der Waals surface area contributed by atoms with Crippen molar-refractivity contribution >= 4 is 17.7 Å². The van der Waals surface area contributed by atoms with Crippen molar-refractivity contribution in [3.8, 4) is 0 Å². The molecular weight excluding hydrogens is 468 g/mol. The maximum atomic E-state index is 6.05. The molecule has 1 unspecified atom stereocenters. The summed E-state index contributed by atoms with van der Waals surface area (Å²) in [7, 11) is 0. The van der Waals surface area contributed by atoms with Crippen molar-refractivity contribution in [2.75, 3.05) is 32.7 Å². The van der Waals surface area contributed by atoms with Crippen LogP contribution in [0.15, 0.2) is 85.0 Å². The molecule has 0 amide bonds. The summed E-state index contributed by atoms with van der Waals surface area (Å²) in [6.45, 7) is 5.79. The normalized spacial score (nSPS) is 19.8. The van der Waals surface area contributed by atoms with Gasteiger partial charge in [-0.2, -0.15) is 0 Å². The minimum atomic E-state index is 0.161. The van der Waals surface area contributed by atoms with Crippen molar-refractivity contribution in [3.05, 3.63) is 107 Å². The zero-order chi connectivity index (χ0) is 24.6. The third kappa shape index (κ3) is 6.38. The Morgan fingerprint density at radius 2 is 1.78 bits per heavy atom. The SMILES string of the molecule is Clc1ccc(CCn2nnnc2[C@H](C2C=CC=CC2)N2CCN(C/C=C/c3ccccc3)CC2)cc1. The maximum absolute atomic E-state index is 6.05. The smallest absolute Gasteiger partial charge is 0.169 e. The van der Waals surface area contributed by atoms with Crippen molar-refractivity contribution in [1.29, 1.82) is 0 Å². The van der Waals surface area contributed by atoms with Gasteiger partial charge in [-0.15, -0.1) is 5.10 Å². The molecule has 0 saturated carbocycles. The highest BCUT2D eigenvalue weighted by Gasteiger charge is 2.34. The van der Waals surface area contributed by atoms with E-state index in [0.717, 1.165) is 63.0 Å². The van der Waals surface area contributed by atoms with Crippen LogP contribution >= 0.6 is 11.6 Å². The summed E-state index contributed by atoms with van der Waals surface area (Å²) in [5.41, 5.74) is 2.48. The van der Waals surface area contributed by atoms with Crippen molar-refractivity contribution in [1.82, 2.24) is 30.0 Å². The van der Waals surface area contributed by atoms with Crippen LogP contribution in [0.1, 0.15) is 29.4 Å². The highest BCUT2D eigenvalue weighted by atomic mass is 35.5. The number of benzene rings is 2. The minimum Gasteiger partial charge on any atom is -0.297 e. The fraction of sp³-hybridized carbons (Fsp3) is 0.345. The van der Waals surface area contributed by atoms with Crippen LogP contribution in [0.4, 0.5) is 0 Å². The van der Waals surface area contributed by atoms with Gasteiger partial charge in [0, 0.05) is 50.2 Å². The second kappa shape index (κ2) is 12.3. The second-order valence-electron chi connectivity index (χ2n) is 9.44. The summed E-state index contributed by atoms with van der Waals surface area (Å²) in [4.78, 5) is 5.10. The Hall–Kier alpha value is -3.06. The quantitative estimate of drug-likeness (QED) is 0.410. The third-order valence-electron chi connectivity index (χ3n) is 7.04. The van der Waals surface area contributed by atoms with E-state index < -0.39 is 0 Å². The number of allylic oxidation sites excluding steroid dienone is 3. The van der Waals surface area contributed by atoms with Gasteiger partial charge in [-0.25, -0.2) is 4.68 Å². The molecular formula is C29H33ClN6. The molecule has 2 heterocycles.